The van der Waals surface area contributed by atoms with Gasteiger partial charge in [-0.15, -0.1) is 0 Å². The average Bonchev–Trinajstić information content (AvgIpc) is 2.32. The van der Waals surface area contributed by atoms with Crippen LogP contribution in [-0.2, 0) is 0 Å². The zero-order valence-electron chi connectivity index (χ0n) is 9.74. The number of benzene rings is 1. The van der Waals surface area contributed by atoms with E-state index in [0.29, 0.717) is 24.8 Å². The summed E-state index contributed by atoms with van der Waals surface area (Å²) in [7, 11) is 0. The molecule has 0 aliphatic carbocycles. The first kappa shape index (κ1) is 11.9. The normalized spacial score (nSPS) is 20.1. The van der Waals surface area contributed by atoms with Crippen molar-refractivity contribution < 1.29 is 9.18 Å². The first-order valence-electron chi connectivity index (χ1n) is 5.70. The summed E-state index contributed by atoms with van der Waals surface area (Å²) in [6.07, 6.45) is 0. The fourth-order valence-electron chi connectivity index (χ4n) is 1.85. The van der Waals surface area contributed by atoms with Gasteiger partial charge in [-0.1, -0.05) is 0 Å². The van der Waals surface area contributed by atoms with Crippen LogP contribution in [0.1, 0.15) is 6.92 Å². The number of carbonyl (C=O) groups is 1. The van der Waals surface area contributed by atoms with Crippen LogP contribution in [0.3, 0.4) is 0 Å². The Morgan fingerprint density at radius 1 is 1.47 bits per heavy atom. The van der Waals surface area contributed by atoms with Crippen molar-refractivity contribution in [2.75, 3.05) is 25.0 Å². The van der Waals surface area contributed by atoms with Crippen LogP contribution in [0.25, 0.3) is 0 Å². The van der Waals surface area contributed by atoms with E-state index in [1.807, 2.05) is 6.92 Å². The molecule has 0 spiro atoms. The second kappa shape index (κ2) is 5.14. The number of carbonyl (C=O) groups excluding carboxylic acids is 1. The number of urea groups is 1. The molecule has 4 nitrogen and oxygen atoms in total. The molecule has 1 aromatic carbocycles. The van der Waals surface area contributed by atoms with Gasteiger partial charge in [0.25, 0.3) is 0 Å². The summed E-state index contributed by atoms with van der Waals surface area (Å²) in [5.74, 6) is -0.307. The van der Waals surface area contributed by atoms with Gasteiger partial charge in [0.05, 0.1) is 0 Å². The van der Waals surface area contributed by atoms with Crippen LogP contribution in [0.4, 0.5) is 14.9 Å². The van der Waals surface area contributed by atoms with Gasteiger partial charge >= 0.3 is 6.03 Å². The van der Waals surface area contributed by atoms with Crippen LogP contribution in [0, 0.1) is 5.82 Å². The smallest absolute Gasteiger partial charge is 0.321 e. The number of nitrogens with one attached hydrogen (secondary N) is 2. The Bertz CT molecular complexity index is 393. The van der Waals surface area contributed by atoms with Crippen LogP contribution < -0.4 is 10.6 Å². The highest BCUT2D eigenvalue weighted by Crippen LogP contribution is 2.10. The minimum Gasteiger partial charge on any atom is -0.322 e. The molecule has 1 heterocycles. The molecule has 2 N–H and O–H groups in total. The predicted molar refractivity (Wildman–Crippen MR) is 64.5 cm³/mol. The lowest BCUT2D eigenvalue weighted by atomic mass is 10.2. The van der Waals surface area contributed by atoms with E-state index < -0.39 is 0 Å². The van der Waals surface area contributed by atoms with E-state index in [1.54, 1.807) is 17.0 Å². The molecule has 1 fully saturated rings. The number of hydrogen-bond acceptors (Lipinski definition) is 2. The minimum atomic E-state index is -0.307. The van der Waals surface area contributed by atoms with Gasteiger partial charge in [0.1, 0.15) is 5.82 Å². The maximum Gasteiger partial charge on any atom is 0.321 e. The summed E-state index contributed by atoms with van der Waals surface area (Å²) in [5, 5.41) is 6.02. The molecule has 2 amide bonds. The van der Waals surface area contributed by atoms with Gasteiger partial charge in [-0.2, -0.15) is 0 Å². The summed E-state index contributed by atoms with van der Waals surface area (Å²) >= 11 is 0. The molecule has 1 atom stereocenters. The van der Waals surface area contributed by atoms with Crippen LogP contribution in [0.2, 0.25) is 0 Å². The number of rotatable bonds is 1. The molecule has 1 aliphatic rings. The number of hydrogen-bond donors (Lipinski definition) is 2. The third-order valence-corrected chi connectivity index (χ3v) is 2.75. The van der Waals surface area contributed by atoms with E-state index in [4.69, 9.17) is 0 Å². The molecule has 0 saturated carbocycles. The lowest BCUT2D eigenvalue weighted by Gasteiger charge is -2.31. The highest BCUT2D eigenvalue weighted by atomic mass is 19.1. The SMILES string of the molecule is C[C@H]1CN(C(=O)Nc2ccc(F)cc2)CCN1. The summed E-state index contributed by atoms with van der Waals surface area (Å²) in [4.78, 5) is 13.6. The maximum absolute atomic E-state index is 12.7. The van der Waals surface area contributed by atoms with Gasteiger partial charge in [-0.25, -0.2) is 9.18 Å². The fraction of sp³-hybridized carbons (Fsp3) is 0.417. The standard InChI is InChI=1S/C12H16FN3O/c1-9-8-16(7-6-14-9)12(17)15-11-4-2-10(13)3-5-11/h2-5,9,14H,6-8H2,1H3,(H,15,17)/t9-/m0/s1. The Hall–Kier alpha value is -1.62. The van der Waals surface area contributed by atoms with E-state index in [-0.39, 0.29) is 11.8 Å². The fourth-order valence-corrected chi connectivity index (χ4v) is 1.85. The van der Waals surface area contributed by atoms with Gasteiger partial charge in [-0.05, 0) is 31.2 Å². The summed E-state index contributed by atoms with van der Waals surface area (Å²) < 4.78 is 12.7. The largest absolute Gasteiger partial charge is 0.322 e. The van der Waals surface area contributed by atoms with Gasteiger partial charge in [0.2, 0.25) is 0 Å². The third kappa shape index (κ3) is 3.17. The van der Waals surface area contributed by atoms with E-state index in [0.717, 1.165) is 6.54 Å². The predicted octanol–water partition coefficient (Wildman–Crippen LogP) is 1.65. The summed E-state index contributed by atoms with van der Waals surface area (Å²) in [6, 6.07) is 5.94. The lowest BCUT2D eigenvalue weighted by molar-refractivity contribution is 0.192. The van der Waals surface area contributed by atoms with Crippen molar-refractivity contribution in [1.29, 1.82) is 0 Å². The van der Waals surface area contributed by atoms with Crippen molar-refractivity contribution in [3.05, 3.63) is 30.1 Å². The van der Waals surface area contributed by atoms with Crippen molar-refractivity contribution in [3.63, 3.8) is 0 Å². The first-order chi connectivity index (χ1) is 8.15. The van der Waals surface area contributed by atoms with Crippen LogP contribution in [0.5, 0.6) is 0 Å². The summed E-state index contributed by atoms with van der Waals surface area (Å²) in [5.41, 5.74) is 0.614. The maximum atomic E-state index is 12.7. The Labute approximate surface area is 99.8 Å². The van der Waals surface area contributed by atoms with Crippen molar-refractivity contribution in [1.82, 2.24) is 10.2 Å². The van der Waals surface area contributed by atoms with Crippen LogP contribution >= 0.6 is 0 Å². The lowest BCUT2D eigenvalue weighted by Crippen LogP contribution is -2.52. The molecule has 0 aromatic heterocycles. The first-order valence-corrected chi connectivity index (χ1v) is 5.70. The van der Waals surface area contributed by atoms with Gasteiger partial charge in [0.15, 0.2) is 0 Å². The second-order valence-electron chi connectivity index (χ2n) is 4.24. The Kier molecular flexibility index (Phi) is 3.58. The number of amides is 2. The molecule has 5 heteroatoms. The topological polar surface area (TPSA) is 44.4 Å². The molecule has 0 radical (unpaired) electrons. The monoisotopic (exact) mass is 237 g/mol. The third-order valence-electron chi connectivity index (χ3n) is 2.75. The minimum absolute atomic E-state index is 0.134. The van der Waals surface area contributed by atoms with Crippen molar-refractivity contribution in [3.8, 4) is 0 Å². The summed E-state index contributed by atoms with van der Waals surface area (Å²) in [6.45, 7) is 4.22. The quantitative estimate of drug-likeness (QED) is 0.780. The highest BCUT2D eigenvalue weighted by molar-refractivity contribution is 5.89. The van der Waals surface area contributed by atoms with Crippen molar-refractivity contribution >= 4 is 11.7 Å². The van der Waals surface area contributed by atoms with Gasteiger partial charge in [-0.3, -0.25) is 0 Å². The molecule has 0 bridgehead atoms. The van der Waals surface area contributed by atoms with E-state index in [2.05, 4.69) is 10.6 Å². The molecule has 1 saturated heterocycles. The molecule has 92 valence electrons. The zero-order chi connectivity index (χ0) is 12.3. The number of anilines is 1. The molecular formula is C12H16FN3O. The Morgan fingerprint density at radius 3 is 2.82 bits per heavy atom. The van der Waals surface area contributed by atoms with E-state index in [9.17, 15) is 9.18 Å². The number of nitrogens with zero attached hydrogens (tertiary/aromatic N) is 1. The Morgan fingerprint density at radius 2 is 2.18 bits per heavy atom. The second-order valence-corrected chi connectivity index (χ2v) is 4.24. The number of piperazine rings is 1. The molecule has 1 aromatic rings. The van der Waals surface area contributed by atoms with Crippen molar-refractivity contribution in [2.45, 2.75) is 13.0 Å². The van der Waals surface area contributed by atoms with Crippen LogP contribution in [0.15, 0.2) is 24.3 Å². The molecule has 2 rings (SSSR count). The van der Waals surface area contributed by atoms with Crippen molar-refractivity contribution in [2.24, 2.45) is 0 Å². The molecule has 17 heavy (non-hydrogen) atoms. The average molecular weight is 237 g/mol. The zero-order valence-corrected chi connectivity index (χ0v) is 9.74. The molecular weight excluding hydrogens is 221 g/mol. The Balaban J connectivity index is 1.94. The highest BCUT2D eigenvalue weighted by Gasteiger charge is 2.20. The van der Waals surface area contributed by atoms with Crippen LogP contribution in [-0.4, -0.2) is 36.6 Å². The van der Waals surface area contributed by atoms with Gasteiger partial charge in [0, 0.05) is 31.4 Å². The van der Waals surface area contributed by atoms with E-state index in [1.165, 1.54) is 12.1 Å². The van der Waals surface area contributed by atoms with E-state index >= 15 is 0 Å². The molecule has 0 unspecified atom stereocenters. The molecule has 1 aliphatic heterocycles. The van der Waals surface area contributed by atoms with Gasteiger partial charge < -0.3 is 15.5 Å². The number of halogens is 1.